The molecule has 28 heavy (non-hydrogen) atoms. The number of H-pyrrole nitrogens is 1. The highest BCUT2D eigenvalue weighted by Crippen LogP contribution is 2.18. The number of nitrogens with one attached hydrogen (secondary N) is 2. The lowest BCUT2D eigenvalue weighted by Crippen LogP contribution is -2.14. The van der Waals surface area contributed by atoms with Crippen LogP contribution in [0.15, 0.2) is 53.7 Å². The van der Waals surface area contributed by atoms with Gasteiger partial charge in [0.2, 0.25) is 11.1 Å². The quantitative estimate of drug-likeness (QED) is 0.446. The van der Waals surface area contributed by atoms with Crippen molar-refractivity contribution in [2.75, 3.05) is 11.1 Å². The number of rotatable bonds is 8. The SMILES string of the molecule is CC(=O)c1cccc(NC(=O)CSc2n[nH]c(COc3ccccc3C)n2)c1. The molecule has 3 rings (SSSR count). The standard InChI is InChI=1S/C20H20N4O3S/c1-13-6-3-4-9-17(13)27-11-18-22-20(24-23-18)28-12-19(26)21-16-8-5-7-15(10-16)14(2)25/h3-10H,11-12H2,1-2H3,(H,21,26)(H,22,23,24). The summed E-state index contributed by atoms with van der Waals surface area (Å²) in [6.45, 7) is 3.73. The predicted molar refractivity (Wildman–Crippen MR) is 108 cm³/mol. The van der Waals surface area contributed by atoms with E-state index in [0.29, 0.717) is 22.2 Å². The summed E-state index contributed by atoms with van der Waals surface area (Å²) in [7, 11) is 0. The maximum Gasteiger partial charge on any atom is 0.234 e. The second-order valence-electron chi connectivity index (χ2n) is 6.09. The molecule has 0 saturated heterocycles. The topological polar surface area (TPSA) is 97.0 Å². The van der Waals surface area contributed by atoms with Crippen LogP contribution in [0.1, 0.15) is 28.7 Å². The molecule has 0 fully saturated rings. The largest absolute Gasteiger partial charge is 0.485 e. The third-order valence-corrected chi connectivity index (χ3v) is 4.70. The summed E-state index contributed by atoms with van der Waals surface area (Å²) >= 11 is 1.22. The number of nitrogens with zero attached hydrogens (tertiary/aromatic N) is 2. The zero-order chi connectivity index (χ0) is 19.9. The fraction of sp³-hybridized carbons (Fsp3) is 0.200. The Morgan fingerprint density at radius 1 is 1.18 bits per heavy atom. The average molecular weight is 396 g/mol. The number of para-hydroxylation sites is 1. The predicted octanol–water partition coefficient (Wildman–Crippen LogP) is 3.63. The van der Waals surface area contributed by atoms with E-state index in [1.807, 2.05) is 31.2 Å². The normalized spacial score (nSPS) is 10.5. The first-order valence-corrected chi connectivity index (χ1v) is 9.63. The van der Waals surface area contributed by atoms with E-state index in [0.717, 1.165) is 11.3 Å². The summed E-state index contributed by atoms with van der Waals surface area (Å²) in [4.78, 5) is 27.8. The van der Waals surface area contributed by atoms with Crippen LogP contribution >= 0.6 is 11.8 Å². The molecule has 2 N–H and O–H groups in total. The molecule has 3 aromatic rings. The molecule has 0 radical (unpaired) electrons. The molecule has 0 saturated carbocycles. The van der Waals surface area contributed by atoms with Crippen molar-refractivity contribution < 1.29 is 14.3 Å². The Balaban J connectivity index is 1.48. The molecular weight excluding hydrogens is 376 g/mol. The molecular formula is C20H20N4O3S. The number of amides is 1. The molecule has 1 heterocycles. The molecule has 8 heteroatoms. The lowest BCUT2D eigenvalue weighted by Gasteiger charge is -2.06. The molecule has 2 aromatic carbocycles. The first-order valence-electron chi connectivity index (χ1n) is 8.64. The second kappa shape index (κ2) is 9.18. The number of benzene rings is 2. The van der Waals surface area contributed by atoms with Gasteiger partial charge in [-0.15, -0.1) is 5.10 Å². The van der Waals surface area contributed by atoms with Crippen molar-refractivity contribution in [2.45, 2.75) is 25.6 Å². The monoisotopic (exact) mass is 396 g/mol. The van der Waals surface area contributed by atoms with Crippen LogP contribution in [0, 0.1) is 6.92 Å². The summed E-state index contributed by atoms with van der Waals surface area (Å²) in [5.41, 5.74) is 2.18. The van der Waals surface area contributed by atoms with Gasteiger partial charge in [-0.05, 0) is 37.6 Å². The zero-order valence-corrected chi connectivity index (χ0v) is 16.4. The smallest absolute Gasteiger partial charge is 0.234 e. The highest BCUT2D eigenvalue weighted by molar-refractivity contribution is 7.99. The third-order valence-electron chi connectivity index (χ3n) is 3.85. The van der Waals surface area contributed by atoms with E-state index in [1.54, 1.807) is 24.3 Å². The van der Waals surface area contributed by atoms with Gasteiger partial charge in [0.05, 0.1) is 5.75 Å². The van der Waals surface area contributed by atoms with Crippen molar-refractivity contribution in [1.82, 2.24) is 15.2 Å². The van der Waals surface area contributed by atoms with Crippen LogP contribution in [0.25, 0.3) is 0 Å². The van der Waals surface area contributed by atoms with Crippen LogP contribution < -0.4 is 10.1 Å². The van der Waals surface area contributed by atoms with Crippen molar-refractivity contribution in [3.63, 3.8) is 0 Å². The van der Waals surface area contributed by atoms with Crippen LogP contribution in [-0.4, -0.2) is 32.6 Å². The number of carbonyl (C=O) groups excluding carboxylic acids is 2. The number of carbonyl (C=O) groups is 2. The van der Waals surface area contributed by atoms with Gasteiger partial charge in [0, 0.05) is 11.3 Å². The Morgan fingerprint density at radius 3 is 2.79 bits per heavy atom. The summed E-state index contributed by atoms with van der Waals surface area (Å²) in [6.07, 6.45) is 0. The number of thioether (sulfide) groups is 1. The van der Waals surface area contributed by atoms with E-state index < -0.39 is 0 Å². The van der Waals surface area contributed by atoms with E-state index in [-0.39, 0.29) is 24.1 Å². The number of hydrogen-bond donors (Lipinski definition) is 2. The summed E-state index contributed by atoms with van der Waals surface area (Å²) < 4.78 is 5.72. The number of Topliss-reactive ketones (excluding diaryl/α,β-unsaturated/α-hetero) is 1. The summed E-state index contributed by atoms with van der Waals surface area (Å²) in [5, 5.41) is 10.1. The number of hydrogen-bond acceptors (Lipinski definition) is 6. The van der Waals surface area contributed by atoms with Gasteiger partial charge >= 0.3 is 0 Å². The lowest BCUT2D eigenvalue weighted by atomic mass is 10.1. The van der Waals surface area contributed by atoms with Gasteiger partial charge in [-0.3, -0.25) is 14.7 Å². The van der Waals surface area contributed by atoms with Gasteiger partial charge in [0.25, 0.3) is 0 Å². The second-order valence-corrected chi connectivity index (χ2v) is 7.04. The number of aryl methyl sites for hydroxylation is 1. The maximum absolute atomic E-state index is 12.1. The molecule has 0 aliphatic carbocycles. The van der Waals surface area contributed by atoms with Crippen LogP contribution in [0.5, 0.6) is 5.75 Å². The van der Waals surface area contributed by atoms with Crippen molar-refractivity contribution in [2.24, 2.45) is 0 Å². The van der Waals surface area contributed by atoms with Crippen LogP contribution in [0.2, 0.25) is 0 Å². The molecule has 1 amide bonds. The van der Waals surface area contributed by atoms with Crippen LogP contribution in [-0.2, 0) is 11.4 Å². The van der Waals surface area contributed by atoms with E-state index in [4.69, 9.17) is 4.74 Å². The molecule has 0 spiro atoms. The van der Waals surface area contributed by atoms with Gasteiger partial charge in [-0.1, -0.05) is 42.1 Å². The van der Waals surface area contributed by atoms with Crippen molar-refractivity contribution in [3.8, 4) is 5.75 Å². The maximum atomic E-state index is 12.1. The Bertz CT molecular complexity index is 987. The Morgan fingerprint density at radius 2 is 2.00 bits per heavy atom. The highest BCUT2D eigenvalue weighted by Gasteiger charge is 2.10. The molecule has 0 atom stereocenters. The minimum Gasteiger partial charge on any atom is -0.485 e. The van der Waals surface area contributed by atoms with Crippen LogP contribution in [0.4, 0.5) is 5.69 Å². The lowest BCUT2D eigenvalue weighted by molar-refractivity contribution is -0.113. The zero-order valence-electron chi connectivity index (χ0n) is 15.6. The Kier molecular flexibility index (Phi) is 6.44. The number of aromatic amines is 1. The molecule has 0 unspecified atom stereocenters. The van der Waals surface area contributed by atoms with E-state index in [2.05, 4.69) is 20.5 Å². The minimum absolute atomic E-state index is 0.0494. The van der Waals surface area contributed by atoms with Crippen LogP contribution in [0.3, 0.4) is 0 Å². The first kappa shape index (κ1) is 19.6. The molecule has 144 valence electrons. The van der Waals surface area contributed by atoms with Gasteiger partial charge in [0.1, 0.15) is 12.4 Å². The van der Waals surface area contributed by atoms with E-state index in [9.17, 15) is 9.59 Å². The molecule has 1 aromatic heterocycles. The van der Waals surface area contributed by atoms with E-state index in [1.165, 1.54) is 18.7 Å². The van der Waals surface area contributed by atoms with Crippen molar-refractivity contribution in [3.05, 3.63) is 65.5 Å². The van der Waals surface area contributed by atoms with Crippen molar-refractivity contribution >= 4 is 29.1 Å². The molecule has 0 bridgehead atoms. The fourth-order valence-corrected chi connectivity index (χ4v) is 3.03. The van der Waals surface area contributed by atoms with Crippen molar-refractivity contribution in [1.29, 1.82) is 0 Å². The van der Waals surface area contributed by atoms with Gasteiger partial charge < -0.3 is 10.1 Å². The number of aromatic nitrogens is 3. The fourth-order valence-electron chi connectivity index (χ4n) is 2.41. The minimum atomic E-state index is -0.201. The first-order chi connectivity index (χ1) is 13.5. The summed E-state index contributed by atoms with van der Waals surface area (Å²) in [5.74, 6) is 1.28. The van der Waals surface area contributed by atoms with Gasteiger partial charge in [-0.2, -0.15) is 0 Å². The number of anilines is 1. The molecule has 0 aliphatic rings. The average Bonchev–Trinajstić information content (AvgIpc) is 3.14. The van der Waals surface area contributed by atoms with Gasteiger partial charge in [0.15, 0.2) is 11.6 Å². The Labute approximate surface area is 166 Å². The highest BCUT2D eigenvalue weighted by atomic mass is 32.2. The Hall–Kier alpha value is -3.13. The van der Waals surface area contributed by atoms with Gasteiger partial charge in [-0.25, -0.2) is 4.98 Å². The molecule has 0 aliphatic heterocycles. The number of ether oxygens (including phenoxy) is 1. The third kappa shape index (κ3) is 5.43. The molecule has 7 nitrogen and oxygen atoms in total. The van der Waals surface area contributed by atoms with E-state index >= 15 is 0 Å². The number of ketones is 1. The summed E-state index contributed by atoms with van der Waals surface area (Å²) in [6, 6.07) is 14.6.